The lowest BCUT2D eigenvalue weighted by molar-refractivity contribution is -0.127. The topological polar surface area (TPSA) is 47.6 Å². The lowest BCUT2D eigenvalue weighted by Gasteiger charge is -2.16. The number of hydrogen-bond acceptors (Lipinski definition) is 3. The summed E-state index contributed by atoms with van der Waals surface area (Å²) >= 11 is 11.9. The van der Waals surface area contributed by atoms with Gasteiger partial charge in [-0.3, -0.25) is 4.79 Å². The Labute approximate surface area is 158 Å². The Bertz CT molecular complexity index is 709. The molecule has 0 bridgehead atoms. The van der Waals surface area contributed by atoms with Crippen LogP contribution in [-0.2, 0) is 4.79 Å². The van der Waals surface area contributed by atoms with Crippen LogP contribution in [0, 0.1) is 13.8 Å². The summed E-state index contributed by atoms with van der Waals surface area (Å²) in [6, 6.07) is 10.7. The molecule has 0 saturated heterocycles. The minimum Gasteiger partial charge on any atom is -0.492 e. The van der Waals surface area contributed by atoms with E-state index < -0.39 is 6.10 Å². The average Bonchev–Trinajstić information content (AvgIpc) is 2.57. The van der Waals surface area contributed by atoms with Crippen LogP contribution in [-0.4, -0.2) is 25.2 Å². The SMILES string of the molecule is Cc1cc(OC(C)C(=O)NCCOc2ccc(Cl)cc2)cc(C)c1Cl. The minimum absolute atomic E-state index is 0.204. The van der Waals surface area contributed by atoms with E-state index in [9.17, 15) is 4.79 Å². The van der Waals surface area contributed by atoms with Crippen molar-refractivity contribution in [1.82, 2.24) is 5.32 Å². The number of rotatable bonds is 7. The molecule has 1 amide bonds. The lowest BCUT2D eigenvalue weighted by atomic mass is 10.1. The van der Waals surface area contributed by atoms with Crippen LogP contribution in [0.25, 0.3) is 0 Å². The van der Waals surface area contributed by atoms with Crippen LogP contribution in [0.3, 0.4) is 0 Å². The Morgan fingerprint density at radius 1 is 1.08 bits per heavy atom. The Kier molecular flexibility index (Phi) is 6.97. The third-order valence-corrected chi connectivity index (χ3v) is 4.42. The van der Waals surface area contributed by atoms with Gasteiger partial charge in [0.05, 0.1) is 6.54 Å². The summed E-state index contributed by atoms with van der Waals surface area (Å²) in [6.45, 7) is 6.25. The number of carbonyl (C=O) groups is 1. The van der Waals surface area contributed by atoms with Crippen molar-refractivity contribution >= 4 is 29.1 Å². The van der Waals surface area contributed by atoms with Crippen LogP contribution in [0.4, 0.5) is 0 Å². The summed E-state index contributed by atoms with van der Waals surface area (Å²) in [5.41, 5.74) is 1.83. The van der Waals surface area contributed by atoms with Crippen molar-refractivity contribution in [2.24, 2.45) is 0 Å². The highest BCUT2D eigenvalue weighted by molar-refractivity contribution is 6.32. The summed E-state index contributed by atoms with van der Waals surface area (Å²) in [5, 5.41) is 4.15. The molecule has 0 aliphatic carbocycles. The molecule has 1 N–H and O–H groups in total. The molecule has 0 heterocycles. The number of nitrogens with one attached hydrogen (secondary N) is 1. The quantitative estimate of drug-likeness (QED) is 0.714. The largest absolute Gasteiger partial charge is 0.492 e. The highest BCUT2D eigenvalue weighted by Crippen LogP contribution is 2.26. The zero-order chi connectivity index (χ0) is 18.4. The van der Waals surface area contributed by atoms with E-state index >= 15 is 0 Å². The molecule has 1 atom stereocenters. The maximum atomic E-state index is 12.1. The highest BCUT2D eigenvalue weighted by Gasteiger charge is 2.15. The monoisotopic (exact) mass is 381 g/mol. The fourth-order valence-electron chi connectivity index (χ4n) is 2.25. The number of benzene rings is 2. The molecule has 0 spiro atoms. The molecular formula is C19H21Cl2NO3. The van der Waals surface area contributed by atoms with Crippen LogP contribution in [0.2, 0.25) is 10.0 Å². The Hall–Kier alpha value is -1.91. The fourth-order valence-corrected chi connectivity index (χ4v) is 2.48. The molecule has 0 fully saturated rings. The number of hydrogen-bond donors (Lipinski definition) is 1. The van der Waals surface area contributed by atoms with Gasteiger partial charge in [-0.25, -0.2) is 0 Å². The minimum atomic E-state index is -0.615. The van der Waals surface area contributed by atoms with Gasteiger partial charge in [0.1, 0.15) is 18.1 Å². The van der Waals surface area contributed by atoms with Gasteiger partial charge < -0.3 is 14.8 Å². The summed E-state index contributed by atoms with van der Waals surface area (Å²) in [6.07, 6.45) is -0.615. The molecule has 0 aliphatic heterocycles. The van der Waals surface area contributed by atoms with Crippen LogP contribution in [0.5, 0.6) is 11.5 Å². The second kappa shape index (κ2) is 8.97. The molecule has 25 heavy (non-hydrogen) atoms. The van der Waals surface area contributed by atoms with E-state index in [-0.39, 0.29) is 5.91 Å². The predicted octanol–water partition coefficient (Wildman–Crippen LogP) is 4.57. The second-order valence-corrected chi connectivity index (χ2v) is 6.54. The third-order valence-electron chi connectivity index (χ3n) is 3.58. The fraction of sp³-hybridized carbons (Fsp3) is 0.316. The van der Waals surface area contributed by atoms with Gasteiger partial charge in [-0.1, -0.05) is 23.2 Å². The number of halogens is 2. The first-order valence-electron chi connectivity index (χ1n) is 7.96. The molecule has 0 aromatic heterocycles. The smallest absolute Gasteiger partial charge is 0.260 e. The second-order valence-electron chi connectivity index (χ2n) is 5.72. The van der Waals surface area contributed by atoms with E-state index in [1.54, 1.807) is 31.2 Å². The maximum absolute atomic E-state index is 12.1. The Morgan fingerprint density at radius 3 is 2.28 bits per heavy atom. The van der Waals surface area contributed by atoms with Crippen LogP contribution in [0.1, 0.15) is 18.1 Å². The molecule has 1 unspecified atom stereocenters. The average molecular weight is 382 g/mol. The van der Waals surface area contributed by atoms with Gasteiger partial charge in [0, 0.05) is 10.0 Å². The van der Waals surface area contributed by atoms with Crippen LogP contribution in [0.15, 0.2) is 36.4 Å². The van der Waals surface area contributed by atoms with Crippen molar-refractivity contribution in [3.8, 4) is 11.5 Å². The zero-order valence-corrected chi connectivity index (χ0v) is 15.9. The molecule has 0 aliphatic rings. The summed E-state index contributed by atoms with van der Waals surface area (Å²) < 4.78 is 11.2. The molecule has 134 valence electrons. The Balaban J connectivity index is 1.77. The molecule has 2 aromatic carbocycles. The van der Waals surface area contributed by atoms with Gasteiger partial charge in [0.2, 0.25) is 0 Å². The van der Waals surface area contributed by atoms with E-state index in [1.165, 1.54) is 0 Å². The maximum Gasteiger partial charge on any atom is 0.260 e. The van der Waals surface area contributed by atoms with E-state index in [0.717, 1.165) is 11.1 Å². The Morgan fingerprint density at radius 2 is 1.68 bits per heavy atom. The molecule has 6 heteroatoms. The number of amides is 1. The highest BCUT2D eigenvalue weighted by atomic mass is 35.5. The van der Waals surface area contributed by atoms with Gasteiger partial charge in [0.25, 0.3) is 5.91 Å². The van der Waals surface area contributed by atoms with E-state index in [2.05, 4.69) is 5.32 Å². The van der Waals surface area contributed by atoms with Gasteiger partial charge in [-0.05, 0) is 68.3 Å². The number of carbonyl (C=O) groups excluding carboxylic acids is 1. The summed E-state index contributed by atoms with van der Waals surface area (Å²) in [5.74, 6) is 1.12. The van der Waals surface area contributed by atoms with E-state index in [1.807, 2.05) is 26.0 Å². The van der Waals surface area contributed by atoms with E-state index in [4.69, 9.17) is 32.7 Å². The van der Waals surface area contributed by atoms with Gasteiger partial charge in [-0.2, -0.15) is 0 Å². The van der Waals surface area contributed by atoms with Crippen molar-refractivity contribution < 1.29 is 14.3 Å². The van der Waals surface area contributed by atoms with Crippen molar-refractivity contribution in [3.63, 3.8) is 0 Å². The van der Waals surface area contributed by atoms with Crippen molar-refractivity contribution in [2.45, 2.75) is 26.9 Å². The van der Waals surface area contributed by atoms with Crippen molar-refractivity contribution in [3.05, 3.63) is 57.6 Å². The zero-order valence-electron chi connectivity index (χ0n) is 14.4. The molecule has 2 aromatic rings. The molecule has 2 rings (SSSR count). The molecule has 4 nitrogen and oxygen atoms in total. The van der Waals surface area contributed by atoms with Crippen molar-refractivity contribution in [1.29, 1.82) is 0 Å². The normalized spacial score (nSPS) is 11.7. The predicted molar refractivity (Wildman–Crippen MR) is 101 cm³/mol. The first kappa shape index (κ1) is 19.4. The van der Waals surface area contributed by atoms with Crippen molar-refractivity contribution in [2.75, 3.05) is 13.2 Å². The first-order chi connectivity index (χ1) is 11.9. The number of aryl methyl sites for hydroxylation is 2. The summed E-state index contributed by atoms with van der Waals surface area (Å²) in [4.78, 5) is 12.1. The van der Waals surface area contributed by atoms with Crippen LogP contribution < -0.4 is 14.8 Å². The van der Waals surface area contributed by atoms with E-state index in [0.29, 0.717) is 34.7 Å². The van der Waals surface area contributed by atoms with Crippen LogP contribution >= 0.6 is 23.2 Å². The molecule has 0 radical (unpaired) electrons. The van der Waals surface area contributed by atoms with Gasteiger partial charge >= 0.3 is 0 Å². The van der Waals surface area contributed by atoms with Gasteiger partial charge in [0.15, 0.2) is 6.10 Å². The lowest BCUT2D eigenvalue weighted by Crippen LogP contribution is -2.38. The summed E-state index contributed by atoms with van der Waals surface area (Å²) in [7, 11) is 0. The number of ether oxygens (including phenoxy) is 2. The van der Waals surface area contributed by atoms with Gasteiger partial charge in [-0.15, -0.1) is 0 Å². The standard InChI is InChI=1S/C19H21Cl2NO3/c1-12-10-17(11-13(2)18(12)21)25-14(3)19(23)22-8-9-24-16-6-4-15(20)5-7-16/h4-7,10-11,14H,8-9H2,1-3H3,(H,22,23). The molecule has 0 saturated carbocycles. The third kappa shape index (κ3) is 5.83. The first-order valence-corrected chi connectivity index (χ1v) is 8.72. The molecular weight excluding hydrogens is 361 g/mol.